The Hall–Kier alpha value is -3.17. The molecule has 2 aromatic carbocycles. The first-order chi connectivity index (χ1) is 15.8. The fraction of sp³-hybridized carbons (Fsp3) is 0.333. The Bertz CT molecular complexity index is 1200. The van der Waals surface area contributed by atoms with Gasteiger partial charge in [0.1, 0.15) is 16.5 Å². The van der Waals surface area contributed by atoms with Gasteiger partial charge in [-0.2, -0.15) is 9.40 Å². The van der Waals surface area contributed by atoms with Crippen molar-refractivity contribution in [2.45, 2.75) is 38.6 Å². The van der Waals surface area contributed by atoms with Crippen LogP contribution in [-0.2, 0) is 23.0 Å². The summed E-state index contributed by atoms with van der Waals surface area (Å²) in [7, 11) is -2.40. The molecule has 0 aliphatic heterocycles. The zero-order valence-electron chi connectivity index (χ0n) is 19.4. The van der Waals surface area contributed by atoms with Gasteiger partial charge in [0.25, 0.3) is 5.91 Å². The Kier molecular flexibility index (Phi) is 7.88. The van der Waals surface area contributed by atoms with Crippen LogP contribution in [0.3, 0.4) is 0 Å². The predicted octanol–water partition coefficient (Wildman–Crippen LogP) is 3.79. The summed E-state index contributed by atoms with van der Waals surface area (Å²) < 4.78 is 34.4. The second-order valence-corrected chi connectivity index (χ2v) is 9.36. The van der Waals surface area contributed by atoms with Gasteiger partial charge in [-0.15, -0.1) is 0 Å². The highest BCUT2D eigenvalue weighted by atomic mass is 32.2. The Labute approximate surface area is 195 Å². The molecule has 176 valence electrons. The Morgan fingerprint density at radius 1 is 1.03 bits per heavy atom. The summed E-state index contributed by atoms with van der Waals surface area (Å²) in [5, 5.41) is 7.14. The van der Waals surface area contributed by atoms with Crippen molar-refractivity contribution in [2.24, 2.45) is 0 Å². The standard InChI is InChI=1S/C24H30N4O4S/c1-5-18-8-10-19(11-9-18)17-28-23(14-15-25-28)26-24(29)20-12-13-21(32-4)22(16-20)33(30,31)27(6-2)7-3/h8-16H,5-7,17H2,1-4H3,(H,26,29). The van der Waals surface area contributed by atoms with E-state index in [1.807, 2.05) is 12.1 Å². The first kappa shape index (κ1) is 24.5. The number of sulfonamides is 1. The molecule has 1 N–H and O–H groups in total. The maximum absolute atomic E-state index is 13.1. The molecule has 0 fully saturated rings. The molecule has 9 heteroatoms. The van der Waals surface area contributed by atoms with Crippen LogP contribution in [0.1, 0.15) is 42.3 Å². The second-order valence-electron chi connectivity index (χ2n) is 7.45. The quantitative estimate of drug-likeness (QED) is 0.487. The van der Waals surface area contributed by atoms with Crippen LogP contribution in [0.25, 0.3) is 0 Å². The van der Waals surface area contributed by atoms with E-state index in [2.05, 4.69) is 29.5 Å². The molecule has 1 amide bonds. The van der Waals surface area contributed by atoms with Crippen LogP contribution in [-0.4, -0.2) is 48.6 Å². The molecular formula is C24H30N4O4S. The number of hydrogen-bond acceptors (Lipinski definition) is 5. The van der Waals surface area contributed by atoms with Crippen LogP contribution in [0, 0.1) is 0 Å². The summed E-state index contributed by atoms with van der Waals surface area (Å²) in [6.45, 7) is 6.76. The van der Waals surface area contributed by atoms with E-state index in [1.54, 1.807) is 36.9 Å². The number of carbonyl (C=O) groups is 1. The van der Waals surface area contributed by atoms with Crippen LogP contribution < -0.4 is 10.1 Å². The van der Waals surface area contributed by atoms with Crippen molar-refractivity contribution in [1.82, 2.24) is 14.1 Å². The van der Waals surface area contributed by atoms with Crippen LogP contribution in [0.15, 0.2) is 59.6 Å². The number of amides is 1. The average molecular weight is 471 g/mol. The molecule has 0 spiro atoms. The molecular weight excluding hydrogens is 440 g/mol. The lowest BCUT2D eigenvalue weighted by Gasteiger charge is -2.20. The zero-order chi connectivity index (χ0) is 24.0. The van der Waals surface area contributed by atoms with Gasteiger partial charge >= 0.3 is 0 Å². The molecule has 3 aromatic rings. The fourth-order valence-electron chi connectivity index (χ4n) is 3.53. The molecule has 1 aromatic heterocycles. The molecule has 33 heavy (non-hydrogen) atoms. The molecule has 0 saturated carbocycles. The normalized spacial score (nSPS) is 11.5. The minimum absolute atomic E-state index is 0.0362. The number of nitrogens with zero attached hydrogens (tertiary/aromatic N) is 3. The minimum Gasteiger partial charge on any atom is -0.495 e. The van der Waals surface area contributed by atoms with Crippen molar-refractivity contribution in [3.05, 3.63) is 71.4 Å². The van der Waals surface area contributed by atoms with Crippen LogP contribution in [0.4, 0.5) is 5.82 Å². The van der Waals surface area contributed by atoms with Gasteiger partial charge < -0.3 is 10.1 Å². The second kappa shape index (κ2) is 10.6. The fourth-order valence-corrected chi connectivity index (χ4v) is 5.17. The maximum Gasteiger partial charge on any atom is 0.256 e. The van der Waals surface area contributed by atoms with Gasteiger partial charge in [0.15, 0.2) is 0 Å². The van der Waals surface area contributed by atoms with E-state index in [-0.39, 0.29) is 16.2 Å². The van der Waals surface area contributed by atoms with Crippen molar-refractivity contribution in [3.8, 4) is 5.75 Å². The number of ether oxygens (including phenoxy) is 1. The van der Waals surface area contributed by atoms with Crippen LogP contribution in [0.5, 0.6) is 5.75 Å². The van der Waals surface area contributed by atoms with E-state index >= 15 is 0 Å². The molecule has 0 atom stereocenters. The number of aromatic nitrogens is 2. The van der Waals surface area contributed by atoms with E-state index in [1.165, 1.54) is 29.1 Å². The van der Waals surface area contributed by atoms with E-state index in [0.29, 0.717) is 25.5 Å². The van der Waals surface area contributed by atoms with Crippen LogP contribution >= 0.6 is 0 Å². The van der Waals surface area contributed by atoms with E-state index < -0.39 is 15.9 Å². The molecule has 0 aliphatic rings. The van der Waals surface area contributed by atoms with Crippen molar-refractivity contribution in [2.75, 3.05) is 25.5 Å². The summed E-state index contributed by atoms with van der Waals surface area (Å²) in [4.78, 5) is 13.0. The van der Waals surface area contributed by atoms with Crippen molar-refractivity contribution >= 4 is 21.7 Å². The van der Waals surface area contributed by atoms with Crippen LogP contribution in [0.2, 0.25) is 0 Å². The highest BCUT2D eigenvalue weighted by molar-refractivity contribution is 7.89. The molecule has 0 unspecified atom stereocenters. The molecule has 1 heterocycles. The third-order valence-corrected chi connectivity index (χ3v) is 7.54. The molecule has 0 bridgehead atoms. The highest BCUT2D eigenvalue weighted by Gasteiger charge is 2.27. The van der Waals surface area contributed by atoms with E-state index in [9.17, 15) is 13.2 Å². The summed E-state index contributed by atoms with van der Waals surface area (Å²) >= 11 is 0. The SMILES string of the molecule is CCc1ccc(Cn2nccc2NC(=O)c2ccc(OC)c(S(=O)(=O)N(CC)CC)c2)cc1. The Morgan fingerprint density at radius 2 is 1.70 bits per heavy atom. The highest BCUT2D eigenvalue weighted by Crippen LogP contribution is 2.28. The maximum atomic E-state index is 13.1. The van der Waals surface area contributed by atoms with Crippen molar-refractivity contribution < 1.29 is 17.9 Å². The summed E-state index contributed by atoms with van der Waals surface area (Å²) in [5.41, 5.74) is 2.52. The Balaban J connectivity index is 1.85. The third-order valence-electron chi connectivity index (χ3n) is 5.47. The lowest BCUT2D eigenvalue weighted by Crippen LogP contribution is -2.31. The number of benzene rings is 2. The first-order valence-electron chi connectivity index (χ1n) is 10.9. The molecule has 0 saturated heterocycles. The molecule has 0 aliphatic carbocycles. The van der Waals surface area contributed by atoms with Gasteiger partial charge in [0.2, 0.25) is 10.0 Å². The number of rotatable bonds is 10. The summed E-state index contributed by atoms with van der Waals surface area (Å²) in [6, 6.07) is 14.3. The lowest BCUT2D eigenvalue weighted by atomic mass is 10.1. The van der Waals surface area contributed by atoms with Gasteiger partial charge in [0.05, 0.1) is 19.9 Å². The number of methoxy groups -OCH3 is 1. The number of aryl methyl sites for hydroxylation is 1. The first-order valence-corrected chi connectivity index (χ1v) is 12.4. The van der Waals surface area contributed by atoms with Gasteiger partial charge in [-0.1, -0.05) is 45.0 Å². The number of nitrogens with one attached hydrogen (secondary N) is 1. The predicted molar refractivity (Wildman–Crippen MR) is 128 cm³/mol. The van der Waals surface area contributed by atoms with Gasteiger partial charge in [-0.25, -0.2) is 13.1 Å². The van der Waals surface area contributed by atoms with E-state index in [0.717, 1.165) is 12.0 Å². The summed E-state index contributed by atoms with van der Waals surface area (Å²) in [6.07, 6.45) is 2.58. The number of hydrogen-bond donors (Lipinski definition) is 1. The van der Waals surface area contributed by atoms with Gasteiger partial charge in [-0.3, -0.25) is 4.79 Å². The number of anilines is 1. The lowest BCUT2D eigenvalue weighted by molar-refractivity contribution is 0.102. The van der Waals surface area contributed by atoms with Crippen molar-refractivity contribution in [3.63, 3.8) is 0 Å². The molecule has 3 rings (SSSR count). The smallest absolute Gasteiger partial charge is 0.256 e. The monoisotopic (exact) mass is 470 g/mol. The largest absolute Gasteiger partial charge is 0.495 e. The van der Waals surface area contributed by atoms with Gasteiger partial charge in [0, 0.05) is 24.7 Å². The van der Waals surface area contributed by atoms with Crippen molar-refractivity contribution in [1.29, 1.82) is 0 Å². The zero-order valence-corrected chi connectivity index (χ0v) is 20.2. The average Bonchev–Trinajstić information content (AvgIpc) is 3.26. The number of carbonyl (C=O) groups excluding carboxylic acids is 1. The van der Waals surface area contributed by atoms with E-state index in [4.69, 9.17) is 4.74 Å². The molecule has 8 nitrogen and oxygen atoms in total. The summed E-state index contributed by atoms with van der Waals surface area (Å²) in [5.74, 6) is 0.277. The minimum atomic E-state index is -3.81. The third kappa shape index (κ3) is 5.43. The van der Waals surface area contributed by atoms with Gasteiger partial charge in [-0.05, 0) is 35.7 Å². The topological polar surface area (TPSA) is 93.5 Å². The molecule has 0 radical (unpaired) electrons. The Morgan fingerprint density at radius 3 is 2.30 bits per heavy atom.